The average molecular weight is 531 g/mol. The summed E-state index contributed by atoms with van der Waals surface area (Å²) in [4.78, 5) is 8.61. The molecule has 0 saturated carbocycles. The number of anilines is 1. The molecule has 3 aromatic heterocycles. The molecular formula is C23H27ClN8O3S. The lowest BCUT2D eigenvalue weighted by Crippen LogP contribution is -2.19. The van der Waals surface area contributed by atoms with Gasteiger partial charge in [0.1, 0.15) is 23.3 Å². The van der Waals surface area contributed by atoms with Crippen LogP contribution in [0, 0.1) is 6.92 Å². The number of hydrogen-bond donors (Lipinski definition) is 1. The second-order valence-corrected chi connectivity index (χ2v) is 9.42. The molecule has 4 rings (SSSR count). The highest BCUT2D eigenvalue weighted by Gasteiger charge is 2.27. The molecule has 0 saturated heterocycles. The summed E-state index contributed by atoms with van der Waals surface area (Å²) in [5.74, 6) is 2.79. The number of benzene rings is 1. The average Bonchev–Trinajstić information content (AvgIpc) is 3.45. The summed E-state index contributed by atoms with van der Waals surface area (Å²) >= 11 is 7.34. The lowest BCUT2D eigenvalue weighted by molar-refractivity contribution is 0.0972. The van der Waals surface area contributed by atoms with Crippen molar-refractivity contribution in [3.63, 3.8) is 0 Å². The number of hydrogen-bond acceptors (Lipinski definition) is 10. The van der Waals surface area contributed by atoms with Gasteiger partial charge in [0.25, 0.3) is 0 Å². The van der Waals surface area contributed by atoms with Crippen molar-refractivity contribution in [3.05, 3.63) is 53.3 Å². The topological polar surface area (TPSA) is 114 Å². The molecule has 3 heterocycles. The van der Waals surface area contributed by atoms with Gasteiger partial charge in [-0.25, -0.2) is 9.97 Å². The Balaban J connectivity index is 1.74. The lowest BCUT2D eigenvalue weighted by Gasteiger charge is -2.22. The summed E-state index contributed by atoms with van der Waals surface area (Å²) in [6.45, 7) is 3.97. The van der Waals surface area contributed by atoms with Crippen molar-refractivity contribution in [1.82, 2.24) is 34.5 Å². The molecule has 0 amide bonds. The predicted molar refractivity (Wildman–Crippen MR) is 139 cm³/mol. The number of methoxy groups -OCH3 is 3. The molecule has 0 aliphatic heterocycles. The van der Waals surface area contributed by atoms with Crippen LogP contribution in [0.2, 0.25) is 5.02 Å². The van der Waals surface area contributed by atoms with Crippen LogP contribution in [-0.2, 0) is 11.8 Å². The minimum Gasteiger partial charge on any atom is -0.494 e. The maximum absolute atomic E-state index is 5.94. The third kappa shape index (κ3) is 4.97. The zero-order valence-corrected chi connectivity index (χ0v) is 22.3. The fourth-order valence-corrected chi connectivity index (χ4v) is 4.57. The van der Waals surface area contributed by atoms with Crippen molar-refractivity contribution in [1.29, 1.82) is 0 Å². The zero-order valence-electron chi connectivity index (χ0n) is 20.8. The molecule has 13 heteroatoms. The molecule has 36 heavy (non-hydrogen) atoms. The Labute approximate surface area is 218 Å². The van der Waals surface area contributed by atoms with Crippen LogP contribution in [-0.4, -0.2) is 61.1 Å². The maximum Gasteiger partial charge on any atom is 0.239 e. The van der Waals surface area contributed by atoms with Crippen molar-refractivity contribution in [2.75, 3.05) is 26.1 Å². The molecule has 0 radical (unpaired) electrons. The van der Waals surface area contributed by atoms with E-state index in [1.54, 1.807) is 44.6 Å². The van der Waals surface area contributed by atoms with Crippen LogP contribution in [0.1, 0.15) is 24.5 Å². The number of aromatic nitrogens is 7. The predicted octanol–water partition coefficient (Wildman–Crippen LogP) is 4.27. The van der Waals surface area contributed by atoms with Gasteiger partial charge >= 0.3 is 0 Å². The molecule has 0 fully saturated rings. The van der Waals surface area contributed by atoms with Gasteiger partial charge in [-0.05, 0) is 37.9 Å². The van der Waals surface area contributed by atoms with E-state index < -0.39 is 6.10 Å². The third-order valence-corrected chi connectivity index (χ3v) is 6.79. The fraction of sp³-hybridized carbons (Fsp3) is 0.348. The summed E-state index contributed by atoms with van der Waals surface area (Å²) in [5.41, 5.74) is 2.42. The second kappa shape index (κ2) is 11.1. The summed E-state index contributed by atoms with van der Waals surface area (Å²) in [6, 6.07) is 5.58. The van der Waals surface area contributed by atoms with Gasteiger partial charge in [-0.1, -0.05) is 17.7 Å². The monoisotopic (exact) mass is 530 g/mol. The number of ether oxygens (including phenoxy) is 3. The Morgan fingerprint density at radius 2 is 1.69 bits per heavy atom. The Kier molecular flexibility index (Phi) is 7.97. The third-order valence-electron chi connectivity index (χ3n) is 5.68. The van der Waals surface area contributed by atoms with Crippen LogP contribution in [0.25, 0.3) is 17.1 Å². The summed E-state index contributed by atoms with van der Waals surface area (Å²) in [7, 11) is 6.71. The molecule has 2 atom stereocenters. The number of para-hydroxylation sites is 1. The summed E-state index contributed by atoms with van der Waals surface area (Å²) in [5, 5.41) is 13.7. The normalized spacial score (nSPS) is 12.9. The summed E-state index contributed by atoms with van der Waals surface area (Å²) in [6.07, 6.45) is 4.47. The highest BCUT2D eigenvalue weighted by molar-refractivity contribution is 8.01. The van der Waals surface area contributed by atoms with E-state index in [0.29, 0.717) is 39.8 Å². The number of nitrogens with zero attached hydrogens (tertiary/aromatic N) is 7. The first-order valence-corrected chi connectivity index (χ1v) is 12.2. The van der Waals surface area contributed by atoms with Gasteiger partial charge in [-0.3, -0.25) is 14.0 Å². The molecule has 1 N–H and O–H groups in total. The van der Waals surface area contributed by atoms with Crippen LogP contribution in [0.4, 0.5) is 5.95 Å². The quantitative estimate of drug-likeness (QED) is 0.298. The van der Waals surface area contributed by atoms with Crippen LogP contribution in [0.5, 0.6) is 11.5 Å². The molecule has 1 aromatic carbocycles. The first kappa shape index (κ1) is 25.7. The van der Waals surface area contributed by atoms with Crippen LogP contribution >= 0.6 is 23.5 Å². The molecule has 0 bridgehead atoms. The zero-order chi connectivity index (χ0) is 25.8. The second-order valence-electron chi connectivity index (χ2n) is 7.80. The SMILES string of the molecule is COc1cccc(OC)c1-n1c(NSC(C)C(OC)c2ncc(Cl)cn2)nnc1-c1cnn(C)c1C. The molecule has 0 aliphatic rings. The lowest BCUT2D eigenvalue weighted by atomic mass is 10.2. The van der Waals surface area contributed by atoms with Gasteiger partial charge < -0.3 is 14.2 Å². The van der Waals surface area contributed by atoms with E-state index in [0.717, 1.165) is 11.3 Å². The van der Waals surface area contributed by atoms with E-state index in [4.69, 9.17) is 25.8 Å². The Morgan fingerprint density at radius 3 is 2.25 bits per heavy atom. The Hall–Kier alpha value is -3.35. The molecule has 0 spiro atoms. The number of nitrogens with one attached hydrogen (secondary N) is 1. The highest BCUT2D eigenvalue weighted by atomic mass is 35.5. The van der Waals surface area contributed by atoms with Crippen molar-refractivity contribution in [2.45, 2.75) is 25.2 Å². The van der Waals surface area contributed by atoms with Gasteiger partial charge in [-0.15, -0.1) is 10.2 Å². The van der Waals surface area contributed by atoms with E-state index in [-0.39, 0.29) is 5.25 Å². The Bertz CT molecular complexity index is 1310. The van der Waals surface area contributed by atoms with Gasteiger partial charge in [0.05, 0.1) is 36.3 Å². The van der Waals surface area contributed by atoms with Crippen LogP contribution in [0.3, 0.4) is 0 Å². The molecule has 11 nitrogen and oxygen atoms in total. The van der Waals surface area contributed by atoms with Crippen molar-refractivity contribution < 1.29 is 14.2 Å². The highest BCUT2D eigenvalue weighted by Crippen LogP contribution is 2.39. The van der Waals surface area contributed by atoms with Crippen LogP contribution < -0.4 is 14.2 Å². The number of rotatable bonds is 10. The minimum absolute atomic E-state index is 0.107. The van der Waals surface area contributed by atoms with E-state index in [9.17, 15) is 0 Å². The van der Waals surface area contributed by atoms with E-state index >= 15 is 0 Å². The van der Waals surface area contributed by atoms with Crippen molar-refractivity contribution in [2.24, 2.45) is 7.05 Å². The van der Waals surface area contributed by atoms with Crippen molar-refractivity contribution in [3.8, 4) is 28.6 Å². The van der Waals surface area contributed by atoms with Gasteiger partial charge in [-0.2, -0.15) is 5.10 Å². The van der Waals surface area contributed by atoms with E-state index in [1.165, 1.54) is 11.9 Å². The van der Waals surface area contributed by atoms with Crippen LogP contribution in [0.15, 0.2) is 36.8 Å². The molecule has 2 unspecified atom stereocenters. The van der Waals surface area contributed by atoms with Gasteiger partial charge in [0.2, 0.25) is 5.95 Å². The first-order chi connectivity index (χ1) is 17.4. The summed E-state index contributed by atoms with van der Waals surface area (Å²) < 4.78 is 24.0. The molecule has 0 aliphatic carbocycles. The maximum atomic E-state index is 5.94. The van der Waals surface area contributed by atoms with E-state index in [2.05, 4.69) is 30.0 Å². The Morgan fingerprint density at radius 1 is 1.03 bits per heavy atom. The number of aryl methyl sites for hydroxylation is 1. The largest absolute Gasteiger partial charge is 0.494 e. The first-order valence-electron chi connectivity index (χ1n) is 11.0. The van der Waals surface area contributed by atoms with Crippen molar-refractivity contribution >= 4 is 29.5 Å². The van der Waals surface area contributed by atoms with Gasteiger partial charge in [0, 0.05) is 32.2 Å². The number of halogens is 1. The fourth-order valence-electron chi connectivity index (χ4n) is 3.69. The van der Waals surface area contributed by atoms with E-state index in [1.807, 2.05) is 43.7 Å². The van der Waals surface area contributed by atoms with Gasteiger partial charge in [0.15, 0.2) is 11.6 Å². The molecule has 4 aromatic rings. The molecule has 190 valence electrons. The smallest absolute Gasteiger partial charge is 0.239 e. The molecular weight excluding hydrogens is 504 g/mol. The minimum atomic E-state index is -0.392. The standard InChI is InChI=1S/C23H27ClN8O3S/c1-13-16(12-27-31(13)3)22-28-29-23(32(22)19-17(33-4)8-7-9-18(19)34-5)30-36-14(2)20(35-6)21-25-10-15(24)11-26-21/h7-12,14,20H,1-6H3,(H,29,30).